The van der Waals surface area contributed by atoms with Crippen LogP contribution in [0.1, 0.15) is 15.9 Å². The first-order valence-electron chi connectivity index (χ1n) is 8.56. The zero-order valence-corrected chi connectivity index (χ0v) is 15.1. The van der Waals surface area contributed by atoms with Crippen LogP contribution in [0.4, 0.5) is 0 Å². The Hall–Kier alpha value is -2.99. The van der Waals surface area contributed by atoms with E-state index in [2.05, 4.69) is 15.0 Å². The SMILES string of the molecule is CN(C)CCN(Cc1ccccc1)C(=O)c1ccc(-n2cncn2)cc1. The molecule has 0 atom stereocenters. The number of carbonyl (C=O) groups excluding carboxylic acids is 1. The van der Waals surface area contributed by atoms with E-state index in [0.717, 1.165) is 17.8 Å². The van der Waals surface area contributed by atoms with E-state index in [9.17, 15) is 4.79 Å². The number of nitrogens with zero attached hydrogens (tertiary/aromatic N) is 5. The molecule has 1 amide bonds. The lowest BCUT2D eigenvalue weighted by Gasteiger charge is -2.25. The van der Waals surface area contributed by atoms with Gasteiger partial charge < -0.3 is 9.80 Å². The summed E-state index contributed by atoms with van der Waals surface area (Å²) in [4.78, 5) is 20.9. The molecular weight excluding hydrogens is 326 g/mol. The molecule has 6 heteroatoms. The lowest BCUT2D eigenvalue weighted by molar-refractivity contribution is 0.0732. The molecule has 3 rings (SSSR count). The molecule has 0 bridgehead atoms. The minimum absolute atomic E-state index is 0.0286. The van der Waals surface area contributed by atoms with Crippen LogP contribution in [0.2, 0.25) is 0 Å². The quantitative estimate of drug-likeness (QED) is 0.658. The van der Waals surface area contributed by atoms with Crippen molar-refractivity contribution in [1.29, 1.82) is 0 Å². The van der Waals surface area contributed by atoms with Crippen molar-refractivity contribution >= 4 is 5.91 Å². The second kappa shape index (κ2) is 8.40. The normalized spacial score (nSPS) is 10.9. The Labute approximate surface area is 153 Å². The fourth-order valence-corrected chi connectivity index (χ4v) is 2.66. The third kappa shape index (κ3) is 4.55. The van der Waals surface area contributed by atoms with Gasteiger partial charge in [0, 0.05) is 25.2 Å². The Balaban J connectivity index is 1.77. The molecule has 0 aliphatic rings. The molecule has 0 aliphatic carbocycles. The van der Waals surface area contributed by atoms with Crippen LogP contribution in [0.25, 0.3) is 5.69 Å². The number of benzene rings is 2. The Bertz CT molecular complexity index is 813. The molecule has 26 heavy (non-hydrogen) atoms. The first-order valence-corrected chi connectivity index (χ1v) is 8.56. The first-order chi connectivity index (χ1) is 12.6. The summed E-state index contributed by atoms with van der Waals surface area (Å²) in [6, 6.07) is 17.5. The van der Waals surface area contributed by atoms with Gasteiger partial charge in [0.25, 0.3) is 5.91 Å². The zero-order valence-electron chi connectivity index (χ0n) is 15.1. The Morgan fingerprint density at radius 3 is 2.35 bits per heavy atom. The highest BCUT2D eigenvalue weighted by atomic mass is 16.2. The summed E-state index contributed by atoms with van der Waals surface area (Å²) in [6.07, 6.45) is 3.12. The van der Waals surface area contributed by atoms with Gasteiger partial charge in [0.05, 0.1) is 5.69 Å². The summed E-state index contributed by atoms with van der Waals surface area (Å²) in [6.45, 7) is 2.08. The van der Waals surface area contributed by atoms with Crippen LogP contribution in [-0.2, 0) is 6.54 Å². The van der Waals surface area contributed by atoms with Gasteiger partial charge in [-0.1, -0.05) is 30.3 Å². The van der Waals surface area contributed by atoms with Gasteiger partial charge in [-0.3, -0.25) is 4.79 Å². The van der Waals surface area contributed by atoms with Crippen LogP contribution in [0.15, 0.2) is 67.3 Å². The van der Waals surface area contributed by atoms with Crippen molar-refractivity contribution in [3.05, 3.63) is 78.4 Å². The molecule has 6 nitrogen and oxygen atoms in total. The maximum atomic E-state index is 13.0. The topological polar surface area (TPSA) is 54.3 Å². The summed E-state index contributed by atoms with van der Waals surface area (Å²) in [5.74, 6) is 0.0286. The molecule has 3 aromatic rings. The van der Waals surface area contributed by atoms with Crippen LogP contribution < -0.4 is 0 Å². The largest absolute Gasteiger partial charge is 0.333 e. The van der Waals surface area contributed by atoms with Crippen LogP contribution in [0.3, 0.4) is 0 Å². The predicted octanol–water partition coefficient (Wildman–Crippen LogP) is 2.47. The van der Waals surface area contributed by atoms with Crippen molar-refractivity contribution in [3.63, 3.8) is 0 Å². The second-order valence-electron chi connectivity index (χ2n) is 6.40. The predicted molar refractivity (Wildman–Crippen MR) is 101 cm³/mol. The molecular formula is C20H23N5O. The maximum absolute atomic E-state index is 13.0. The van der Waals surface area contributed by atoms with Gasteiger partial charge in [0.1, 0.15) is 12.7 Å². The summed E-state index contributed by atoms with van der Waals surface area (Å²) in [5, 5.41) is 4.11. The number of rotatable bonds is 7. The van der Waals surface area contributed by atoms with Gasteiger partial charge in [-0.25, -0.2) is 9.67 Å². The van der Waals surface area contributed by atoms with E-state index in [1.165, 1.54) is 6.33 Å². The molecule has 0 fully saturated rings. The Morgan fingerprint density at radius 2 is 1.73 bits per heavy atom. The standard InChI is InChI=1S/C20H23N5O/c1-23(2)12-13-24(14-17-6-4-3-5-7-17)20(26)18-8-10-19(11-9-18)25-16-21-15-22-25/h3-11,15-16H,12-14H2,1-2H3. The van der Waals surface area contributed by atoms with Crippen LogP contribution in [0.5, 0.6) is 0 Å². The van der Waals surface area contributed by atoms with Crippen molar-refractivity contribution < 1.29 is 4.79 Å². The summed E-state index contributed by atoms with van der Waals surface area (Å²) in [5.41, 5.74) is 2.67. The molecule has 1 heterocycles. The molecule has 2 aromatic carbocycles. The number of hydrogen-bond acceptors (Lipinski definition) is 4. The van der Waals surface area contributed by atoms with Crippen molar-refractivity contribution in [2.45, 2.75) is 6.54 Å². The van der Waals surface area contributed by atoms with Crippen molar-refractivity contribution in [1.82, 2.24) is 24.6 Å². The number of amides is 1. The average Bonchev–Trinajstić information content (AvgIpc) is 3.20. The van der Waals surface area contributed by atoms with Crippen LogP contribution >= 0.6 is 0 Å². The monoisotopic (exact) mass is 349 g/mol. The molecule has 0 spiro atoms. The molecule has 0 saturated carbocycles. The zero-order chi connectivity index (χ0) is 18.4. The molecule has 1 aromatic heterocycles. The van der Waals surface area contributed by atoms with Gasteiger partial charge in [-0.15, -0.1) is 0 Å². The van der Waals surface area contributed by atoms with Crippen LogP contribution in [-0.4, -0.2) is 57.7 Å². The van der Waals surface area contributed by atoms with E-state index in [0.29, 0.717) is 18.7 Å². The molecule has 0 saturated heterocycles. The summed E-state index contributed by atoms with van der Waals surface area (Å²) >= 11 is 0. The first kappa shape index (κ1) is 17.8. The number of likely N-dealkylation sites (N-methyl/N-ethyl adjacent to an activating group) is 1. The van der Waals surface area contributed by atoms with E-state index < -0.39 is 0 Å². The van der Waals surface area contributed by atoms with Gasteiger partial charge in [-0.2, -0.15) is 5.10 Å². The van der Waals surface area contributed by atoms with Crippen molar-refractivity contribution in [2.75, 3.05) is 27.2 Å². The highest BCUT2D eigenvalue weighted by molar-refractivity contribution is 5.94. The summed E-state index contributed by atoms with van der Waals surface area (Å²) < 4.78 is 1.67. The minimum atomic E-state index is 0.0286. The molecule has 0 unspecified atom stereocenters. The minimum Gasteiger partial charge on any atom is -0.333 e. The van der Waals surface area contributed by atoms with Gasteiger partial charge >= 0.3 is 0 Å². The van der Waals surface area contributed by atoms with Gasteiger partial charge in [0.15, 0.2) is 0 Å². The third-order valence-electron chi connectivity index (χ3n) is 4.12. The highest BCUT2D eigenvalue weighted by Crippen LogP contribution is 2.13. The molecule has 134 valence electrons. The lowest BCUT2D eigenvalue weighted by atomic mass is 10.1. The maximum Gasteiger partial charge on any atom is 0.254 e. The van der Waals surface area contributed by atoms with E-state index in [1.807, 2.05) is 73.6 Å². The van der Waals surface area contributed by atoms with Gasteiger partial charge in [-0.05, 0) is 43.9 Å². The van der Waals surface area contributed by atoms with E-state index in [-0.39, 0.29) is 5.91 Å². The molecule has 0 N–H and O–H groups in total. The highest BCUT2D eigenvalue weighted by Gasteiger charge is 2.16. The fourth-order valence-electron chi connectivity index (χ4n) is 2.66. The van der Waals surface area contributed by atoms with Crippen LogP contribution in [0, 0.1) is 0 Å². The average molecular weight is 349 g/mol. The van der Waals surface area contributed by atoms with E-state index in [4.69, 9.17) is 0 Å². The lowest BCUT2D eigenvalue weighted by Crippen LogP contribution is -2.36. The Morgan fingerprint density at radius 1 is 1.00 bits per heavy atom. The smallest absolute Gasteiger partial charge is 0.254 e. The Kier molecular flexibility index (Phi) is 5.76. The number of aromatic nitrogens is 3. The summed E-state index contributed by atoms with van der Waals surface area (Å²) in [7, 11) is 4.02. The number of hydrogen-bond donors (Lipinski definition) is 0. The van der Waals surface area contributed by atoms with Crippen molar-refractivity contribution in [2.24, 2.45) is 0 Å². The second-order valence-corrected chi connectivity index (χ2v) is 6.40. The molecule has 0 aliphatic heterocycles. The van der Waals surface area contributed by atoms with Gasteiger partial charge in [0.2, 0.25) is 0 Å². The van der Waals surface area contributed by atoms with E-state index in [1.54, 1.807) is 11.0 Å². The third-order valence-corrected chi connectivity index (χ3v) is 4.12. The van der Waals surface area contributed by atoms with Crippen molar-refractivity contribution in [3.8, 4) is 5.69 Å². The van der Waals surface area contributed by atoms with E-state index >= 15 is 0 Å². The number of carbonyl (C=O) groups is 1. The molecule has 0 radical (unpaired) electrons. The fraction of sp³-hybridized carbons (Fsp3) is 0.250.